The predicted molar refractivity (Wildman–Crippen MR) is 33.2 cm³/mol. The van der Waals surface area contributed by atoms with Crippen LogP contribution in [-0.2, 0) is 4.79 Å². The van der Waals surface area contributed by atoms with E-state index < -0.39 is 17.8 Å². The summed E-state index contributed by atoms with van der Waals surface area (Å²) in [6, 6.07) is -0.414. The lowest BCUT2D eigenvalue weighted by Gasteiger charge is -2.00. The number of carboxylic acid groups (broad SMARTS) is 1. The minimum atomic E-state index is -1.43. The van der Waals surface area contributed by atoms with Crippen LogP contribution < -0.4 is 5.73 Å². The van der Waals surface area contributed by atoms with E-state index in [1.165, 1.54) is 0 Å². The number of nitrogens with two attached hydrogens (primary N) is 1. The van der Waals surface area contributed by atoms with E-state index in [9.17, 15) is 9.18 Å². The summed E-state index contributed by atoms with van der Waals surface area (Å²) in [5.41, 5.74) is 5.05. The first kappa shape index (κ1) is 7.74. The predicted octanol–water partition coefficient (Wildman–Crippen LogP) is 0.503. The number of aliphatic carboxylic acids is 1. The largest absolute Gasteiger partial charge is 0.480 e. The van der Waals surface area contributed by atoms with Gasteiger partial charge in [0.1, 0.15) is 0 Å². The van der Waals surface area contributed by atoms with E-state index in [0.29, 0.717) is 0 Å². The van der Waals surface area contributed by atoms with Gasteiger partial charge in [0, 0.05) is 6.07 Å². The molecule has 3 N–H and O–H groups in total. The molecular formula is C6H6FNO3. The first-order valence-electron chi connectivity index (χ1n) is 2.84. The van der Waals surface area contributed by atoms with Crippen molar-refractivity contribution in [3.8, 4) is 0 Å². The standard InChI is InChI=1S/C6H6FNO3/c7-3-1-2-11-5(3)4(8)6(9)10/h1-2,4H,8H2,(H,9,10). The van der Waals surface area contributed by atoms with E-state index in [1.54, 1.807) is 0 Å². The van der Waals surface area contributed by atoms with Gasteiger partial charge in [0.05, 0.1) is 6.26 Å². The molecule has 0 fully saturated rings. The Morgan fingerprint density at radius 1 is 1.82 bits per heavy atom. The Kier molecular flexibility index (Phi) is 1.91. The first-order chi connectivity index (χ1) is 5.13. The Labute approximate surface area is 61.4 Å². The van der Waals surface area contributed by atoms with E-state index in [1.807, 2.05) is 0 Å². The average Bonchev–Trinajstić information content (AvgIpc) is 2.33. The Balaban J connectivity index is 2.92. The number of hydrogen-bond acceptors (Lipinski definition) is 3. The molecule has 0 aliphatic rings. The number of halogens is 1. The highest BCUT2D eigenvalue weighted by atomic mass is 19.1. The Hall–Kier alpha value is -1.36. The number of carbonyl (C=O) groups is 1. The van der Waals surface area contributed by atoms with Crippen LogP contribution in [0.5, 0.6) is 0 Å². The molecule has 1 rings (SSSR count). The van der Waals surface area contributed by atoms with Crippen LogP contribution in [0, 0.1) is 5.82 Å². The van der Waals surface area contributed by atoms with Crippen molar-refractivity contribution in [2.75, 3.05) is 0 Å². The van der Waals surface area contributed by atoms with Crippen LogP contribution in [-0.4, -0.2) is 11.1 Å². The third-order valence-electron chi connectivity index (χ3n) is 1.19. The lowest BCUT2D eigenvalue weighted by Crippen LogP contribution is -2.20. The van der Waals surface area contributed by atoms with Crippen LogP contribution in [0.4, 0.5) is 4.39 Å². The van der Waals surface area contributed by atoms with Gasteiger partial charge < -0.3 is 15.3 Å². The second-order valence-corrected chi connectivity index (χ2v) is 1.95. The monoisotopic (exact) mass is 159 g/mol. The fraction of sp³-hybridized carbons (Fsp3) is 0.167. The summed E-state index contributed by atoms with van der Waals surface area (Å²) in [6.45, 7) is 0. The van der Waals surface area contributed by atoms with Crippen molar-refractivity contribution in [1.82, 2.24) is 0 Å². The Morgan fingerprint density at radius 3 is 2.82 bits per heavy atom. The highest BCUT2D eigenvalue weighted by Gasteiger charge is 2.21. The van der Waals surface area contributed by atoms with E-state index in [4.69, 9.17) is 10.8 Å². The van der Waals surface area contributed by atoms with Gasteiger partial charge in [0.2, 0.25) is 0 Å². The molecule has 1 heterocycles. The molecular weight excluding hydrogens is 153 g/mol. The molecule has 60 valence electrons. The minimum Gasteiger partial charge on any atom is -0.480 e. The summed E-state index contributed by atoms with van der Waals surface area (Å²) in [4.78, 5) is 10.2. The maximum absolute atomic E-state index is 12.5. The zero-order valence-corrected chi connectivity index (χ0v) is 5.45. The molecule has 0 saturated carbocycles. The fourth-order valence-corrected chi connectivity index (χ4v) is 0.639. The van der Waals surface area contributed by atoms with Crippen LogP contribution in [0.3, 0.4) is 0 Å². The van der Waals surface area contributed by atoms with Crippen molar-refractivity contribution in [3.05, 3.63) is 23.9 Å². The van der Waals surface area contributed by atoms with Crippen LogP contribution in [0.15, 0.2) is 16.7 Å². The second kappa shape index (κ2) is 2.71. The summed E-state index contributed by atoms with van der Waals surface area (Å²) >= 11 is 0. The maximum Gasteiger partial charge on any atom is 0.328 e. The van der Waals surface area contributed by atoms with Crippen molar-refractivity contribution >= 4 is 5.97 Å². The molecule has 1 aromatic rings. The lowest BCUT2D eigenvalue weighted by atomic mass is 10.2. The Bertz CT molecular complexity index is 271. The number of hydrogen-bond donors (Lipinski definition) is 2. The summed E-state index contributed by atoms with van der Waals surface area (Å²) < 4.78 is 17.0. The SMILES string of the molecule is NC(C(=O)O)c1occc1F. The highest BCUT2D eigenvalue weighted by molar-refractivity contribution is 5.74. The normalized spacial score (nSPS) is 12.9. The van der Waals surface area contributed by atoms with Crippen molar-refractivity contribution < 1.29 is 18.7 Å². The topological polar surface area (TPSA) is 76.5 Å². The van der Waals surface area contributed by atoms with E-state index >= 15 is 0 Å². The summed E-state index contributed by atoms with van der Waals surface area (Å²) in [5, 5.41) is 8.33. The van der Waals surface area contributed by atoms with Crippen LogP contribution in [0.2, 0.25) is 0 Å². The lowest BCUT2D eigenvalue weighted by molar-refractivity contribution is -0.139. The maximum atomic E-state index is 12.5. The molecule has 1 aromatic heterocycles. The van der Waals surface area contributed by atoms with Crippen molar-refractivity contribution in [2.24, 2.45) is 5.73 Å². The van der Waals surface area contributed by atoms with Crippen LogP contribution >= 0.6 is 0 Å². The van der Waals surface area contributed by atoms with Gasteiger partial charge in [-0.25, -0.2) is 4.39 Å². The van der Waals surface area contributed by atoms with Crippen LogP contribution in [0.1, 0.15) is 11.8 Å². The van der Waals surface area contributed by atoms with E-state index in [-0.39, 0.29) is 5.76 Å². The molecule has 0 aliphatic carbocycles. The highest BCUT2D eigenvalue weighted by Crippen LogP contribution is 2.15. The molecule has 0 amide bonds. The van der Waals surface area contributed by atoms with Gasteiger partial charge in [-0.1, -0.05) is 0 Å². The minimum absolute atomic E-state index is 0.350. The number of furan rings is 1. The zero-order chi connectivity index (χ0) is 8.43. The third kappa shape index (κ3) is 1.38. The third-order valence-corrected chi connectivity index (χ3v) is 1.19. The number of rotatable bonds is 2. The van der Waals surface area contributed by atoms with Gasteiger partial charge in [-0.15, -0.1) is 0 Å². The van der Waals surface area contributed by atoms with Gasteiger partial charge in [-0.05, 0) is 0 Å². The zero-order valence-electron chi connectivity index (χ0n) is 5.45. The number of carboxylic acids is 1. The van der Waals surface area contributed by atoms with E-state index in [2.05, 4.69) is 4.42 Å². The van der Waals surface area contributed by atoms with E-state index in [0.717, 1.165) is 12.3 Å². The van der Waals surface area contributed by atoms with Gasteiger partial charge in [-0.3, -0.25) is 4.79 Å². The molecule has 1 unspecified atom stereocenters. The summed E-state index contributed by atoms with van der Waals surface area (Å²) in [7, 11) is 0. The first-order valence-corrected chi connectivity index (χ1v) is 2.84. The fourth-order valence-electron chi connectivity index (χ4n) is 0.639. The van der Waals surface area contributed by atoms with Crippen molar-refractivity contribution in [2.45, 2.75) is 6.04 Å². The summed E-state index contributed by atoms with van der Waals surface area (Å²) in [5.74, 6) is -2.41. The molecule has 11 heavy (non-hydrogen) atoms. The molecule has 0 spiro atoms. The quantitative estimate of drug-likeness (QED) is 0.658. The van der Waals surface area contributed by atoms with Crippen molar-refractivity contribution in [3.63, 3.8) is 0 Å². The molecule has 0 aromatic carbocycles. The summed E-state index contributed by atoms with van der Waals surface area (Å²) in [6.07, 6.45) is 1.05. The smallest absolute Gasteiger partial charge is 0.328 e. The van der Waals surface area contributed by atoms with Gasteiger partial charge in [0.25, 0.3) is 0 Å². The molecule has 4 nitrogen and oxygen atoms in total. The van der Waals surface area contributed by atoms with Gasteiger partial charge in [-0.2, -0.15) is 0 Å². The van der Waals surface area contributed by atoms with Crippen LogP contribution in [0.25, 0.3) is 0 Å². The molecule has 0 saturated heterocycles. The van der Waals surface area contributed by atoms with Gasteiger partial charge >= 0.3 is 5.97 Å². The molecule has 1 atom stereocenters. The molecule has 0 radical (unpaired) electrons. The molecule has 5 heteroatoms. The molecule has 0 bridgehead atoms. The molecule has 0 aliphatic heterocycles. The second-order valence-electron chi connectivity index (χ2n) is 1.95. The van der Waals surface area contributed by atoms with Gasteiger partial charge in [0.15, 0.2) is 17.6 Å². The Morgan fingerprint density at radius 2 is 2.45 bits per heavy atom. The van der Waals surface area contributed by atoms with Crippen molar-refractivity contribution in [1.29, 1.82) is 0 Å². The average molecular weight is 159 g/mol.